The number of aromatic nitrogens is 2. The second-order valence-electron chi connectivity index (χ2n) is 7.97. The van der Waals surface area contributed by atoms with Crippen molar-refractivity contribution >= 4 is 40.9 Å². The molecule has 0 spiro atoms. The standard InChI is InChI=1S/C23H22Cl2FN3O3/c1-5-18-27-20(28-21(30)16-11-6-13(24)12-17(16)25)19(22(31)32-23(2,3)4)29(18)15-9-7-14(26)8-10-15/h6-12H,5H2,1-4H3,(H,28,30). The fourth-order valence-corrected chi connectivity index (χ4v) is 3.52. The van der Waals surface area contributed by atoms with Gasteiger partial charge in [-0.1, -0.05) is 30.1 Å². The van der Waals surface area contributed by atoms with Gasteiger partial charge in [-0.3, -0.25) is 9.36 Å². The van der Waals surface area contributed by atoms with Gasteiger partial charge in [-0.2, -0.15) is 0 Å². The number of rotatable bonds is 5. The van der Waals surface area contributed by atoms with E-state index in [1.54, 1.807) is 25.3 Å². The highest BCUT2D eigenvalue weighted by atomic mass is 35.5. The summed E-state index contributed by atoms with van der Waals surface area (Å²) in [6.07, 6.45) is 0.435. The maximum Gasteiger partial charge on any atom is 0.359 e. The van der Waals surface area contributed by atoms with Crippen LogP contribution in [0.1, 0.15) is 54.4 Å². The summed E-state index contributed by atoms with van der Waals surface area (Å²) in [5.41, 5.74) is -0.105. The minimum Gasteiger partial charge on any atom is -0.455 e. The molecule has 9 heteroatoms. The predicted octanol–water partition coefficient (Wildman–Crippen LogP) is 6.09. The Morgan fingerprint density at radius 1 is 1.12 bits per heavy atom. The number of benzene rings is 2. The molecule has 0 radical (unpaired) electrons. The highest BCUT2D eigenvalue weighted by Gasteiger charge is 2.29. The lowest BCUT2D eigenvalue weighted by molar-refractivity contribution is 0.00616. The van der Waals surface area contributed by atoms with Crippen LogP contribution in [0.4, 0.5) is 10.2 Å². The first-order valence-electron chi connectivity index (χ1n) is 9.87. The van der Waals surface area contributed by atoms with E-state index < -0.39 is 23.3 Å². The summed E-state index contributed by atoms with van der Waals surface area (Å²) in [6.45, 7) is 7.05. The molecule has 0 bridgehead atoms. The van der Waals surface area contributed by atoms with Crippen LogP contribution in [-0.2, 0) is 11.2 Å². The molecule has 6 nitrogen and oxygen atoms in total. The minimum absolute atomic E-state index is 0.0106. The molecule has 1 N–H and O–H groups in total. The molecule has 3 aromatic rings. The lowest BCUT2D eigenvalue weighted by Crippen LogP contribution is -2.26. The van der Waals surface area contributed by atoms with Crippen LogP contribution in [0.5, 0.6) is 0 Å². The van der Waals surface area contributed by atoms with Crippen molar-refractivity contribution in [2.24, 2.45) is 0 Å². The number of aryl methyl sites for hydroxylation is 1. The summed E-state index contributed by atoms with van der Waals surface area (Å²) in [6, 6.07) is 10.0. The Balaban J connectivity index is 2.13. The summed E-state index contributed by atoms with van der Waals surface area (Å²) in [7, 11) is 0. The van der Waals surface area contributed by atoms with Crippen molar-refractivity contribution < 1.29 is 18.7 Å². The molecule has 0 atom stereocenters. The molecule has 0 aliphatic heterocycles. The number of esters is 1. The van der Waals surface area contributed by atoms with Crippen molar-refractivity contribution in [3.05, 3.63) is 75.4 Å². The highest BCUT2D eigenvalue weighted by Crippen LogP contribution is 2.28. The molecule has 32 heavy (non-hydrogen) atoms. The lowest BCUT2D eigenvalue weighted by Gasteiger charge is -2.21. The maximum atomic E-state index is 13.5. The third-order valence-electron chi connectivity index (χ3n) is 4.35. The minimum atomic E-state index is -0.790. The number of amides is 1. The van der Waals surface area contributed by atoms with Crippen LogP contribution in [0.2, 0.25) is 10.0 Å². The average Bonchev–Trinajstić information content (AvgIpc) is 3.05. The van der Waals surface area contributed by atoms with Gasteiger partial charge in [0.05, 0.1) is 10.6 Å². The Bertz CT molecular complexity index is 1170. The quantitative estimate of drug-likeness (QED) is 0.451. The van der Waals surface area contributed by atoms with Gasteiger partial charge in [-0.15, -0.1) is 0 Å². The Labute approximate surface area is 195 Å². The summed E-state index contributed by atoms with van der Waals surface area (Å²) in [4.78, 5) is 30.5. The van der Waals surface area contributed by atoms with E-state index in [9.17, 15) is 14.0 Å². The van der Waals surface area contributed by atoms with Crippen molar-refractivity contribution in [3.8, 4) is 5.69 Å². The van der Waals surface area contributed by atoms with Crippen LogP contribution >= 0.6 is 23.2 Å². The smallest absolute Gasteiger partial charge is 0.359 e. The van der Waals surface area contributed by atoms with Gasteiger partial charge in [0.15, 0.2) is 11.5 Å². The van der Waals surface area contributed by atoms with Crippen LogP contribution in [0, 0.1) is 5.82 Å². The van der Waals surface area contributed by atoms with E-state index >= 15 is 0 Å². The zero-order chi connectivity index (χ0) is 23.6. The van der Waals surface area contributed by atoms with Crippen LogP contribution < -0.4 is 5.32 Å². The molecule has 0 fully saturated rings. The van der Waals surface area contributed by atoms with E-state index in [0.717, 1.165) is 0 Å². The number of hydrogen-bond donors (Lipinski definition) is 1. The molecule has 0 unspecified atom stereocenters. The van der Waals surface area contributed by atoms with Crippen LogP contribution in [0.15, 0.2) is 42.5 Å². The molecule has 2 aromatic carbocycles. The largest absolute Gasteiger partial charge is 0.455 e. The first-order valence-corrected chi connectivity index (χ1v) is 10.6. The topological polar surface area (TPSA) is 73.2 Å². The molecule has 0 saturated heterocycles. The number of imidazole rings is 1. The number of anilines is 1. The molecular weight excluding hydrogens is 456 g/mol. The fourth-order valence-electron chi connectivity index (χ4n) is 3.02. The molecule has 0 aliphatic carbocycles. The van der Waals surface area contributed by atoms with Gasteiger partial charge < -0.3 is 10.1 Å². The normalized spacial score (nSPS) is 11.3. The summed E-state index contributed by atoms with van der Waals surface area (Å²) >= 11 is 12.1. The van der Waals surface area contributed by atoms with E-state index in [-0.39, 0.29) is 22.1 Å². The molecule has 1 heterocycles. The summed E-state index contributed by atoms with van der Waals surface area (Å²) < 4.78 is 20.6. The number of carbonyl (C=O) groups is 2. The number of halogens is 3. The fraction of sp³-hybridized carbons (Fsp3) is 0.261. The first-order chi connectivity index (χ1) is 15.0. The summed E-state index contributed by atoms with van der Waals surface area (Å²) in [5.74, 6) is -1.18. The van der Waals surface area contributed by atoms with E-state index in [4.69, 9.17) is 27.9 Å². The zero-order valence-corrected chi connectivity index (χ0v) is 19.5. The number of nitrogens with one attached hydrogen (secondary N) is 1. The Kier molecular flexibility index (Phi) is 6.91. The molecule has 1 amide bonds. The van der Waals surface area contributed by atoms with Gasteiger partial charge in [0.2, 0.25) is 0 Å². The first kappa shape index (κ1) is 23.8. The molecule has 168 valence electrons. The van der Waals surface area contributed by atoms with Gasteiger partial charge in [0, 0.05) is 17.1 Å². The van der Waals surface area contributed by atoms with Crippen LogP contribution in [-0.4, -0.2) is 27.0 Å². The van der Waals surface area contributed by atoms with Crippen molar-refractivity contribution in [1.82, 2.24) is 9.55 Å². The van der Waals surface area contributed by atoms with Gasteiger partial charge in [-0.25, -0.2) is 14.2 Å². The molecule has 0 saturated carbocycles. The zero-order valence-electron chi connectivity index (χ0n) is 18.0. The van der Waals surface area contributed by atoms with Gasteiger partial charge in [-0.05, 0) is 63.2 Å². The average molecular weight is 478 g/mol. The molecular formula is C23H22Cl2FN3O3. The van der Waals surface area contributed by atoms with Gasteiger partial charge in [0.1, 0.15) is 17.2 Å². The Hall–Kier alpha value is -2.90. The Morgan fingerprint density at radius 3 is 2.34 bits per heavy atom. The van der Waals surface area contributed by atoms with E-state index in [0.29, 0.717) is 23.0 Å². The second kappa shape index (κ2) is 9.30. The van der Waals surface area contributed by atoms with Crippen molar-refractivity contribution in [2.75, 3.05) is 5.32 Å². The monoisotopic (exact) mass is 477 g/mol. The number of hydrogen-bond acceptors (Lipinski definition) is 4. The van der Waals surface area contributed by atoms with Gasteiger partial charge >= 0.3 is 5.97 Å². The molecule has 0 aliphatic rings. The maximum absolute atomic E-state index is 13.5. The SMILES string of the molecule is CCc1nc(NC(=O)c2ccc(Cl)cc2Cl)c(C(=O)OC(C)(C)C)n1-c1ccc(F)cc1. The third-order valence-corrected chi connectivity index (χ3v) is 4.90. The molecule has 1 aromatic heterocycles. The highest BCUT2D eigenvalue weighted by molar-refractivity contribution is 6.37. The van der Waals surface area contributed by atoms with Crippen LogP contribution in [0.25, 0.3) is 5.69 Å². The van der Waals surface area contributed by atoms with E-state index in [1.807, 2.05) is 6.92 Å². The van der Waals surface area contributed by atoms with E-state index in [1.165, 1.54) is 42.5 Å². The number of ether oxygens (including phenoxy) is 1. The van der Waals surface area contributed by atoms with Crippen molar-refractivity contribution in [1.29, 1.82) is 0 Å². The van der Waals surface area contributed by atoms with Crippen molar-refractivity contribution in [2.45, 2.75) is 39.7 Å². The van der Waals surface area contributed by atoms with Crippen molar-refractivity contribution in [3.63, 3.8) is 0 Å². The lowest BCUT2D eigenvalue weighted by atomic mass is 10.2. The number of carbonyl (C=O) groups excluding carboxylic acids is 2. The Morgan fingerprint density at radius 2 is 1.78 bits per heavy atom. The predicted molar refractivity (Wildman–Crippen MR) is 122 cm³/mol. The second-order valence-corrected chi connectivity index (χ2v) is 8.81. The third kappa shape index (κ3) is 5.29. The number of nitrogens with zero attached hydrogens (tertiary/aromatic N) is 2. The van der Waals surface area contributed by atoms with Crippen LogP contribution in [0.3, 0.4) is 0 Å². The molecule has 3 rings (SSSR count). The summed E-state index contributed by atoms with van der Waals surface area (Å²) in [5, 5.41) is 3.20. The van der Waals surface area contributed by atoms with E-state index in [2.05, 4.69) is 10.3 Å². The van der Waals surface area contributed by atoms with Gasteiger partial charge in [0.25, 0.3) is 5.91 Å².